The van der Waals surface area contributed by atoms with Gasteiger partial charge in [0.1, 0.15) is 18.0 Å². The lowest BCUT2D eigenvalue weighted by Crippen LogP contribution is -2.18. The zero-order valence-electron chi connectivity index (χ0n) is 9.41. The number of hydrogen-bond acceptors (Lipinski definition) is 5. The summed E-state index contributed by atoms with van der Waals surface area (Å²) in [6, 6.07) is 0.202. The van der Waals surface area contributed by atoms with E-state index < -0.39 is 0 Å². The first-order chi connectivity index (χ1) is 7.19. The Labute approximate surface area is 90.0 Å². The van der Waals surface area contributed by atoms with E-state index in [1.54, 1.807) is 0 Å². The summed E-state index contributed by atoms with van der Waals surface area (Å²) in [6.45, 7) is 4.15. The smallest absolute Gasteiger partial charge is 0.134 e. The van der Waals surface area contributed by atoms with E-state index in [0.717, 1.165) is 17.2 Å². The molecule has 1 heterocycles. The predicted molar refractivity (Wildman–Crippen MR) is 61.1 cm³/mol. The van der Waals surface area contributed by atoms with E-state index in [1.807, 2.05) is 20.9 Å². The van der Waals surface area contributed by atoms with Crippen molar-refractivity contribution in [2.45, 2.75) is 26.3 Å². The Kier molecular flexibility index (Phi) is 4.30. The summed E-state index contributed by atoms with van der Waals surface area (Å²) in [6.07, 6.45) is 2.23. The van der Waals surface area contributed by atoms with Crippen LogP contribution in [0.5, 0.6) is 0 Å². The summed E-state index contributed by atoms with van der Waals surface area (Å²) in [4.78, 5) is 8.26. The van der Waals surface area contributed by atoms with Gasteiger partial charge in [-0.15, -0.1) is 0 Å². The van der Waals surface area contributed by atoms with Crippen LogP contribution in [0.2, 0.25) is 0 Å². The Hall–Kier alpha value is -1.36. The number of aromatic nitrogens is 2. The number of nitrogens with one attached hydrogen (secondary N) is 2. The van der Waals surface area contributed by atoms with Gasteiger partial charge in [0.2, 0.25) is 0 Å². The minimum Gasteiger partial charge on any atom is -0.396 e. The van der Waals surface area contributed by atoms with Crippen molar-refractivity contribution in [1.29, 1.82) is 0 Å². The van der Waals surface area contributed by atoms with Gasteiger partial charge in [0.05, 0.1) is 0 Å². The molecule has 3 N–H and O–H groups in total. The summed E-state index contributed by atoms with van der Waals surface area (Å²) >= 11 is 0. The largest absolute Gasteiger partial charge is 0.396 e. The Bertz CT molecular complexity index is 316. The molecule has 0 fully saturated rings. The molecule has 0 aromatic carbocycles. The summed E-state index contributed by atoms with van der Waals surface area (Å²) in [5.74, 6) is 1.64. The summed E-state index contributed by atoms with van der Waals surface area (Å²) in [5.41, 5.74) is 0.991. The standard InChI is InChI=1S/C10H18N4O/c1-7(4-5-15)14-10-8(2)9(11-3)12-6-13-10/h6-7,15H,4-5H2,1-3H3,(H2,11,12,13,14). The molecule has 5 heteroatoms. The maximum absolute atomic E-state index is 8.80. The average Bonchev–Trinajstić information content (AvgIpc) is 2.21. The highest BCUT2D eigenvalue weighted by atomic mass is 16.3. The topological polar surface area (TPSA) is 70.1 Å². The summed E-state index contributed by atoms with van der Waals surface area (Å²) < 4.78 is 0. The van der Waals surface area contributed by atoms with Crippen molar-refractivity contribution in [2.75, 3.05) is 24.3 Å². The third kappa shape index (κ3) is 3.06. The Morgan fingerprint density at radius 1 is 1.40 bits per heavy atom. The van der Waals surface area contributed by atoms with E-state index >= 15 is 0 Å². The van der Waals surface area contributed by atoms with Crippen LogP contribution in [0.15, 0.2) is 6.33 Å². The third-order valence-electron chi connectivity index (χ3n) is 2.27. The van der Waals surface area contributed by atoms with Gasteiger partial charge in [-0.3, -0.25) is 0 Å². The van der Waals surface area contributed by atoms with Crippen LogP contribution < -0.4 is 10.6 Å². The molecule has 1 rings (SSSR count). The summed E-state index contributed by atoms with van der Waals surface area (Å²) in [7, 11) is 1.83. The molecule has 5 nitrogen and oxygen atoms in total. The van der Waals surface area contributed by atoms with Crippen molar-refractivity contribution in [3.8, 4) is 0 Å². The maximum Gasteiger partial charge on any atom is 0.134 e. The zero-order valence-corrected chi connectivity index (χ0v) is 9.41. The fraction of sp³-hybridized carbons (Fsp3) is 0.600. The first-order valence-electron chi connectivity index (χ1n) is 5.05. The van der Waals surface area contributed by atoms with Crippen molar-refractivity contribution in [1.82, 2.24) is 9.97 Å². The Balaban J connectivity index is 2.76. The fourth-order valence-corrected chi connectivity index (χ4v) is 1.35. The number of aliphatic hydroxyl groups excluding tert-OH is 1. The second-order valence-corrected chi connectivity index (χ2v) is 3.50. The van der Waals surface area contributed by atoms with Crippen molar-refractivity contribution in [3.63, 3.8) is 0 Å². The van der Waals surface area contributed by atoms with Crippen molar-refractivity contribution >= 4 is 11.6 Å². The highest BCUT2D eigenvalue weighted by Crippen LogP contribution is 2.18. The molecule has 0 bridgehead atoms. The number of rotatable bonds is 5. The molecule has 0 aliphatic carbocycles. The lowest BCUT2D eigenvalue weighted by atomic mass is 10.2. The number of aliphatic hydroxyl groups is 1. The molecular weight excluding hydrogens is 192 g/mol. The second-order valence-electron chi connectivity index (χ2n) is 3.50. The van der Waals surface area contributed by atoms with Crippen LogP contribution in [0, 0.1) is 6.92 Å². The monoisotopic (exact) mass is 210 g/mol. The molecule has 1 aromatic heterocycles. The van der Waals surface area contributed by atoms with Gasteiger partial charge in [0, 0.05) is 25.3 Å². The first-order valence-corrected chi connectivity index (χ1v) is 5.05. The van der Waals surface area contributed by atoms with Crippen LogP contribution in [0.3, 0.4) is 0 Å². The third-order valence-corrected chi connectivity index (χ3v) is 2.27. The summed E-state index contributed by atoms with van der Waals surface area (Å²) in [5, 5.41) is 15.0. The molecule has 0 saturated carbocycles. The molecule has 1 atom stereocenters. The van der Waals surface area contributed by atoms with Gasteiger partial charge < -0.3 is 15.7 Å². The van der Waals surface area contributed by atoms with E-state index in [4.69, 9.17) is 5.11 Å². The van der Waals surface area contributed by atoms with Crippen LogP contribution in [-0.2, 0) is 0 Å². The Morgan fingerprint density at radius 3 is 2.67 bits per heavy atom. The van der Waals surface area contributed by atoms with Crippen LogP contribution >= 0.6 is 0 Å². The first kappa shape index (κ1) is 11.7. The molecule has 84 valence electrons. The van der Waals surface area contributed by atoms with Crippen LogP contribution in [-0.4, -0.2) is 34.8 Å². The molecule has 0 aliphatic heterocycles. The minimum atomic E-state index is 0.178. The van der Waals surface area contributed by atoms with Gasteiger partial charge in [0.25, 0.3) is 0 Å². The molecule has 0 saturated heterocycles. The second kappa shape index (κ2) is 5.50. The number of hydrogen-bond donors (Lipinski definition) is 3. The molecule has 0 amide bonds. The van der Waals surface area contributed by atoms with E-state index in [0.29, 0.717) is 6.42 Å². The van der Waals surface area contributed by atoms with Gasteiger partial charge in [0.15, 0.2) is 0 Å². The Morgan fingerprint density at radius 2 is 2.07 bits per heavy atom. The van der Waals surface area contributed by atoms with E-state index in [1.165, 1.54) is 6.33 Å². The van der Waals surface area contributed by atoms with Crippen LogP contribution in [0.1, 0.15) is 18.9 Å². The van der Waals surface area contributed by atoms with E-state index in [9.17, 15) is 0 Å². The molecule has 1 unspecified atom stereocenters. The lowest BCUT2D eigenvalue weighted by molar-refractivity contribution is 0.282. The van der Waals surface area contributed by atoms with Crippen molar-refractivity contribution in [2.24, 2.45) is 0 Å². The van der Waals surface area contributed by atoms with E-state index in [2.05, 4.69) is 20.6 Å². The minimum absolute atomic E-state index is 0.178. The van der Waals surface area contributed by atoms with Crippen molar-refractivity contribution in [3.05, 3.63) is 11.9 Å². The van der Waals surface area contributed by atoms with Gasteiger partial charge in [-0.05, 0) is 20.3 Å². The van der Waals surface area contributed by atoms with Gasteiger partial charge in [-0.25, -0.2) is 9.97 Å². The van der Waals surface area contributed by atoms with Gasteiger partial charge in [-0.1, -0.05) is 0 Å². The molecule has 1 aromatic rings. The van der Waals surface area contributed by atoms with Gasteiger partial charge in [-0.2, -0.15) is 0 Å². The molecule has 0 spiro atoms. The quantitative estimate of drug-likeness (QED) is 0.676. The highest BCUT2D eigenvalue weighted by Gasteiger charge is 2.08. The molecule has 0 radical (unpaired) electrons. The number of nitrogens with zero attached hydrogens (tertiary/aromatic N) is 2. The molecule has 0 aliphatic rings. The number of anilines is 2. The SMILES string of the molecule is CNc1ncnc(NC(C)CCO)c1C. The lowest BCUT2D eigenvalue weighted by Gasteiger charge is -2.15. The van der Waals surface area contributed by atoms with Crippen molar-refractivity contribution < 1.29 is 5.11 Å². The highest BCUT2D eigenvalue weighted by molar-refractivity contribution is 5.56. The van der Waals surface area contributed by atoms with E-state index in [-0.39, 0.29) is 12.6 Å². The van der Waals surface area contributed by atoms with Crippen LogP contribution in [0.4, 0.5) is 11.6 Å². The predicted octanol–water partition coefficient (Wildman–Crippen LogP) is 1.01. The zero-order chi connectivity index (χ0) is 11.3. The van der Waals surface area contributed by atoms with Gasteiger partial charge >= 0.3 is 0 Å². The fourth-order valence-electron chi connectivity index (χ4n) is 1.35. The molecular formula is C10H18N4O. The molecule has 15 heavy (non-hydrogen) atoms. The van der Waals surface area contributed by atoms with Crippen LogP contribution in [0.25, 0.3) is 0 Å². The normalized spacial score (nSPS) is 12.3. The maximum atomic E-state index is 8.80. The average molecular weight is 210 g/mol.